The van der Waals surface area contributed by atoms with Crippen LogP contribution in [0.1, 0.15) is 12.5 Å². The number of likely N-dealkylation sites (N-methyl/N-ethyl adjacent to an activating group) is 1. The molecule has 0 aliphatic heterocycles. The van der Waals surface area contributed by atoms with E-state index in [2.05, 4.69) is 24.2 Å². The minimum absolute atomic E-state index is 0.360. The quantitative estimate of drug-likeness (QED) is 0.780. The number of thiocarbonyl (C=S) groups is 1. The van der Waals surface area contributed by atoms with E-state index in [-0.39, 0.29) is 0 Å². The molecule has 3 N–H and O–H groups in total. The maximum Gasteiger partial charge on any atom is 0.106 e. The van der Waals surface area contributed by atoms with Gasteiger partial charge in [-0.3, -0.25) is 0 Å². The lowest BCUT2D eigenvalue weighted by Crippen LogP contribution is -2.25. The lowest BCUT2D eigenvalue weighted by Gasteiger charge is -2.16. The van der Waals surface area contributed by atoms with Gasteiger partial charge in [0.25, 0.3) is 0 Å². The van der Waals surface area contributed by atoms with Gasteiger partial charge in [0.2, 0.25) is 0 Å². The highest BCUT2D eigenvalue weighted by Crippen LogP contribution is 2.20. The molecule has 0 bridgehead atoms. The molecular formula is C12H18ClN3S. The minimum atomic E-state index is 0.360. The molecule has 0 radical (unpaired) electrons. The molecule has 3 nitrogen and oxygen atoms in total. The van der Waals surface area contributed by atoms with E-state index >= 15 is 0 Å². The summed E-state index contributed by atoms with van der Waals surface area (Å²) >= 11 is 10.9. The summed E-state index contributed by atoms with van der Waals surface area (Å²) in [5.74, 6) is 0. The Balaban J connectivity index is 2.67. The Kier molecular flexibility index (Phi) is 5.68. The third-order valence-electron chi connectivity index (χ3n) is 2.60. The Labute approximate surface area is 113 Å². The second kappa shape index (κ2) is 6.79. The molecule has 1 aromatic carbocycles. The molecule has 0 spiro atoms. The third kappa shape index (κ3) is 4.50. The number of nitrogens with one attached hydrogen (secondary N) is 1. The van der Waals surface area contributed by atoms with Gasteiger partial charge in [-0.15, -0.1) is 0 Å². The largest absolute Gasteiger partial charge is 0.389 e. The first kappa shape index (κ1) is 14.2. The summed E-state index contributed by atoms with van der Waals surface area (Å²) in [7, 11) is 2.08. The SMILES string of the molecule is CCN(C)CCNc1ccc(Cl)cc1C(N)=S. The van der Waals surface area contributed by atoms with Gasteiger partial charge in [-0.1, -0.05) is 30.7 Å². The maximum absolute atomic E-state index is 5.92. The summed E-state index contributed by atoms with van der Waals surface area (Å²) in [5, 5.41) is 3.96. The van der Waals surface area contributed by atoms with Crippen molar-refractivity contribution in [3.05, 3.63) is 28.8 Å². The van der Waals surface area contributed by atoms with Crippen LogP contribution in [0.2, 0.25) is 5.02 Å². The van der Waals surface area contributed by atoms with Crippen LogP contribution < -0.4 is 11.1 Å². The van der Waals surface area contributed by atoms with Gasteiger partial charge in [0.1, 0.15) is 4.99 Å². The van der Waals surface area contributed by atoms with E-state index in [0.29, 0.717) is 10.0 Å². The Morgan fingerprint density at radius 1 is 1.53 bits per heavy atom. The van der Waals surface area contributed by atoms with Crippen molar-refractivity contribution in [1.82, 2.24) is 4.90 Å². The van der Waals surface area contributed by atoms with E-state index in [1.807, 2.05) is 12.1 Å². The van der Waals surface area contributed by atoms with Crippen LogP contribution in [-0.2, 0) is 0 Å². The van der Waals surface area contributed by atoms with Crippen LogP contribution in [0.3, 0.4) is 0 Å². The summed E-state index contributed by atoms with van der Waals surface area (Å²) in [6.45, 7) is 4.98. The highest BCUT2D eigenvalue weighted by molar-refractivity contribution is 7.80. The molecule has 5 heteroatoms. The molecule has 0 fully saturated rings. The molecule has 0 amide bonds. The summed E-state index contributed by atoms with van der Waals surface area (Å²) in [6, 6.07) is 5.52. The standard InChI is InChI=1S/C12H18ClN3S/c1-3-16(2)7-6-15-11-5-4-9(13)8-10(11)12(14)17/h4-5,8,15H,3,6-7H2,1-2H3,(H2,14,17). The van der Waals surface area contributed by atoms with Crippen LogP contribution in [0.5, 0.6) is 0 Å². The normalized spacial score (nSPS) is 10.6. The average Bonchev–Trinajstić information content (AvgIpc) is 2.30. The maximum atomic E-state index is 5.92. The van der Waals surface area contributed by atoms with Crippen molar-refractivity contribution in [2.75, 3.05) is 32.0 Å². The van der Waals surface area contributed by atoms with Gasteiger partial charge in [-0.05, 0) is 31.8 Å². The smallest absolute Gasteiger partial charge is 0.106 e. The molecule has 0 saturated carbocycles. The molecule has 0 aromatic heterocycles. The lowest BCUT2D eigenvalue weighted by atomic mass is 10.2. The summed E-state index contributed by atoms with van der Waals surface area (Å²) < 4.78 is 0. The van der Waals surface area contributed by atoms with Crippen molar-refractivity contribution in [3.8, 4) is 0 Å². The van der Waals surface area contributed by atoms with Crippen LogP contribution in [-0.4, -0.2) is 36.6 Å². The first-order valence-corrected chi connectivity index (χ1v) is 6.35. The molecule has 0 aliphatic rings. The number of nitrogens with zero attached hydrogens (tertiary/aromatic N) is 1. The minimum Gasteiger partial charge on any atom is -0.389 e. The molecule has 1 aromatic rings. The number of hydrogen-bond donors (Lipinski definition) is 2. The first-order valence-electron chi connectivity index (χ1n) is 5.56. The topological polar surface area (TPSA) is 41.3 Å². The number of halogens is 1. The van der Waals surface area contributed by atoms with Crippen molar-refractivity contribution in [2.24, 2.45) is 5.73 Å². The van der Waals surface area contributed by atoms with E-state index < -0.39 is 0 Å². The van der Waals surface area contributed by atoms with Gasteiger partial charge in [-0.25, -0.2) is 0 Å². The molecule has 0 aliphatic carbocycles. The van der Waals surface area contributed by atoms with Crippen molar-refractivity contribution in [1.29, 1.82) is 0 Å². The highest BCUT2D eigenvalue weighted by atomic mass is 35.5. The Morgan fingerprint density at radius 3 is 2.82 bits per heavy atom. The van der Waals surface area contributed by atoms with Crippen molar-refractivity contribution in [2.45, 2.75) is 6.92 Å². The fraction of sp³-hybridized carbons (Fsp3) is 0.417. The predicted molar refractivity (Wildman–Crippen MR) is 79.0 cm³/mol. The Hall–Kier alpha value is -0.840. The fourth-order valence-electron chi connectivity index (χ4n) is 1.41. The van der Waals surface area contributed by atoms with Crippen LogP contribution in [0.15, 0.2) is 18.2 Å². The van der Waals surface area contributed by atoms with Crippen LogP contribution in [0.4, 0.5) is 5.69 Å². The van der Waals surface area contributed by atoms with Crippen molar-refractivity contribution < 1.29 is 0 Å². The Morgan fingerprint density at radius 2 is 2.24 bits per heavy atom. The second-order valence-electron chi connectivity index (χ2n) is 3.88. The second-order valence-corrected chi connectivity index (χ2v) is 4.75. The molecule has 94 valence electrons. The van der Waals surface area contributed by atoms with Gasteiger partial charge < -0.3 is 16.0 Å². The van der Waals surface area contributed by atoms with Gasteiger partial charge >= 0.3 is 0 Å². The zero-order valence-electron chi connectivity index (χ0n) is 10.2. The molecule has 1 rings (SSSR count). The number of nitrogens with two attached hydrogens (primary N) is 1. The number of benzene rings is 1. The first-order chi connectivity index (χ1) is 8.04. The van der Waals surface area contributed by atoms with Crippen molar-refractivity contribution in [3.63, 3.8) is 0 Å². The number of rotatable bonds is 6. The van der Waals surface area contributed by atoms with Crippen LogP contribution in [0.25, 0.3) is 0 Å². The summed E-state index contributed by atoms with van der Waals surface area (Å²) in [5.41, 5.74) is 7.40. The van der Waals surface area contributed by atoms with Crippen molar-refractivity contribution >= 4 is 34.5 Å². The van der Waals surface area contributed by atoms with Crippen LogP contribution in [0, 0.1) is 0 Å². The Bertz CT molecular complexity index is 395. The molecule has 17 heavy (non-hydrogen) atoms. The van der Waals surface area contributed by atoms with E-state index in [1.165, 1.54) is 0 Å². The van der Waals surface area contributed by atoms with Gasteiger partial charge in [0.15, 0.2) is 0 Å². The van der Waals surface area contributed by atoms with Crippen LogP contribution >= 0.6 is 23.8 Å². The summed E-state index contributed by atoms with van der Waals surface area (Å²) in [6.07, 6.45) is 0. The van der Waals surface area contributed by atoms with E-state index in [4.69, 9.17) is 29.6 Å². The molecular weight excluding hydrogens is 254 g/mol. The molecule has 0 unspecified atom stereocenters. The number of hydrogen-bond acceptors (Lipinski definition) is 3. The summed E-state index contributed by atoms with van der Waals surface area (Å²) in [4.78, 5) is 2.59. The fourth-order valence-corrected chi connectivity index (χ4v) is 1.76. The zero-order chi connectivity index (χ0) is 12.8. The monoisotopic (exact) mass is 271 g/mol. The van der Waals surface area contributed by atoms with E-state index in [9.17, 15) is 0 Å². The van der Waals surface area contributed by atoms with Gasteiger partial charge in [0, 0.05) is 29.4 Å². The highest BCUT2D eigenvalue weighted by Gasteiger charge is 2.05. The van der Waals surface area contributed by atoms with Gasteiger partial charge in [0.05, 0.1) is 0 Å². The molecule has 0 heterocycles. The lowest BCUT2D eigenvalue weighted by molar-refractivity contribution is 0.367. The molecule has 0 atom stereocenters. The van der Waals surface area contributed by atoms with E-state index in [1.54, 1.807) is 6.07 Å². The van der Waals surface area contributed by atoms with E-state index in [0.717, 1.165) is 30.9 Å². The average molecular weight is 272 g/mol. The number of anilines is 1. The molecule has 0 saturated heterocycles. The zero-order valence-corrected chi connectivity index (χ0v) is 11.7. The van der Waals surface area contributed by atoms with Gasteiger partial charge in [-0.2, -0.15) is 0 Å². The predicted octanol–water partition coefficient (Wildman–Crippen LogP) is 2.34. The third-order valence-corrected chi connectivity index (χ3v) is 3.05.